The predicted octanol–water partition coefficient (Wildman–Crippen LogP) is 0.0521. The van der Waals surface area contributed by atoms with Crippen LogP contribution in [0, 0.1) is 0 Å². The molecule has 1 atom stereocenters. The summed E-state index contributed by atoms with van der Waals surface area (Å²) in [4.78, 5) is 11.7. The Morgan fingerprint density at radius 3 is 2.86 bits per heavy atom. The molecule has 1 aliphatic rings. The zero-order valence-electron chi connectivity index (χ0n) is 12.2. The Labute approximate surface area is 128 Å². The van der Waals surface area contributed by atoms with Crippen LogP contribution in [-0.2, 0) is 16.4 Å². The van der Waals surface area contributed by atoms with Gasteiger partial charge in [0.15, 0.2) is 9.84 Å². The van der Waals surface area contributed by atoms with Crippen molar-refractivity contribution >= 4 is 20.8 Å². The molecule has 2 heterocycles. The monoisotopic (exact) mass is 324 g/mol. The summed E-state index contributed by atoms with van der Waals surface area (Å²) in [5.41, 5.74) is 0.913. The largest absolute Gasteiger partial charge is 0.497 e. The second-order valence-electron chi connectivity index (χ2n) is 5.56. The van der Waals surface area contributed by atoms with Crippen LogP contribution in [0.3, 0.4) is 0 Å². The summed E-state index contributed by atoms with van der Waals surface area (Å²) in [5.74, 6) is 1.09. The second kappa shape index (κ2) is 5.73. The number of rotatable bonds is 4. The second-order valence-corrected chi connectivity index (χ2v) is 7.78. The molecule has 3 rings (SSSR count). The van der Waals surface area contributed by atoms with Crippen molar-refractivity contribution in [1.29, 1.82) is 0 Å². The van der Waals surface area contributed by atoms with Crippen LogP contribution in [-0.4, -0.2) is 33.1 Å². The summed E-state index contributed by atoms with van der Waals surface area (Å²) in [5, 5.41) is 2.83. The molecular formula is C15H18NO5S+. The van der Waals surface area contributed by atoms with Crippen molar-refractivity contribution in [1.82, 2.24) is 0 Å². The van der Waals surface area contributed by atoms with Gasteiger partial charge in [-0.3, -0.25) is 0 Å². The molecule has 2 aromatic rings. The van der Waals surface area contributed by atoms with E-state index in [9.17, 15) is 13.2 Å². The molecule has 0 bridgehead atoms. The van der Waals surface area contributed by atoms with E-state index in [1.54, 1.807) is 13.2 Å². The summed E-state index contributed by atoms with van der Waals surface area (Å²) in [6.07, 6.45) is 0.662. The van der Waals surface area contributed by atoms with Crippen molar-refractivity contribution in [3.05, 3.63) is 40.2 Å². The average molecular weight is 324 g/mol. The maximum atomic E-state index is 11.7. The lowest BCUT2D eigenvalue weighted by atomic mass is 10.1. The minimum Gasteiger partial charge on any atom is -0.497 e. The highest BCUT2D eigenvalue weighted by atomic mass is 32.2. The van der Waals surface area contributed by atoms with Gasteiger partial charge in [-0.05, 0) is 12.1 Å². The molecule has 0 saturated carbocycles. The summed E-state index contributed by atoms with van der Waals surface area (Å²) < 4.78 is 33.3. The topological polar surface area (TPSA) is 90.2 Å². The lowest BCUT2D eigenvalue weighted by Gasteiger charge is -2.09. The average Bonchev–Trinajstić information content (AvgIpc) is 2.83. The van der Waals surface area contributed by atoms with Crippen molar-refractivity contribution in [2.45, 2.75) is 19.0 Å². The summed E-state index contributed by atoms with van der Waals surface area (Å²) in [7, 11) is -1.33. The van der Waals surface area contributed by atoms with E-state index in [1.165, 1.54) is 6.07 Å². The smallest absolute Gasteiger partial charge is 0.336 e. The van der Waals surface area contributed by atoms with Crippen LogP contribution < -0.4 is 15.7 Å². The van der Waals surface area contributed by atoms with Gasteiger partial charge in [-0.1, -0.05) is 0 Å². The molecule has 0 aliphatic carbocycles. The quantitative estimate of drug-likeness (QED) is 0.803. The van der Waals surface area contributed by atoms with E-state index < -0.39 is 15.5 Å². The zero-order chi connectivity index (χ0) is 15.7. The number of sulfone groups is 1. The number of methoxy groups -OCH3 is 1. The number of benzene rings is 1. The van der Waals surface area contributed by atoms with Crippen molar-refractivity contribution in [3.8, 4) is 5.75 Å². The Hall–Kier alpha value is -1.86. The van der Waals surface area contributed by atoms with E-state index in [0.29, 0.717) is 24.3 Å². The van der Waals surface area contributed by atoms with Crippen molar-refractivity contribution < 1.29 is 22.9 Å². The SMILES string of the molecule is COc1ccc2c(C[NH2+][C@H]3CCS(=O)(=O)C3)cc(=O)oc2c1. The molecule has 1 saturated heterocycles. The molecule has 0 unspecified atom stereocenters. The predicted molar refractivity (Wildman–Crippen MR) is 81.7 cm³/mol. The number of hydrogen-bond acceptors (Lipinski definition) is 5. The maximum absolute atomic E-state index is 11.7. The van der Waals surface area contributed by atoms with Gasteiger partial charge in [0.2, 0.25) is 0 Å². The van der Waals surface area contributed by atoms with Crippen molar-refractivity contribution in [2.24, 2.45) is 0 Å². The third kappa shape index (κ3) is 3.15. The molecule has 2 N–H and O–H groups in total. The Balaban J connectivity index is 1.86. The van der Waals surface area contributed by atoms with E-state index in [0.717, 1.165) is 10.9 Å². The van der Waals surface area contributed by atoms with Crippen molar-refractivity contribution in [2.75, 3.05) is 18.6 Å². The summed E-state index contributed by atoms with van der Waals surface area (Å²) in [6.45, 7) is 0.550. The highest BCUT2D eigenvalue weighted by molar-refractivity contribution is 7.91. The first kappa shape index (κ1) is 15.1. The molecule has 1 aromatic carbocycles. The number of ether oxygens (including phenoxy) is 1. The highest BCUT2D eigenvalue weighted by Gasteiger charge is 2.30. The van der Waals surface area contributed by atoms with Gasteiger partial charge in [-0.25, -0.2) is 13.2 Å². The lowest BCUT2D eigenvalue weighted by Crippen LogP contribution is -2.89. The van der Waals surface area contributed by atoms with Crippen LogP contribution in [0.25, 0.3) is 11.0 Å². The fourth-order valence-electron chi connectivity index (χ4n) is 2.81. The molecule has 22 heavy (non-hydrogen) atoms. The van der Waals surface area contributed by atoms with Crippen LogP contribution in [0.4, 0.5) is 0 Å². The Bertz CT molecular complexity index is 856. The minimum absolute atomic E-state index is 0.0607. The van der Waals surface area contributed by atoms with E-state index in [2.05, 4.69) is 0 Å². The molecule has 1 fully saturated rings. The van der Waals surface area contributed by atoms with Gasteiger partial charge in [-0.2, -0.15) is 0 Å². The highest BCUT2D eigenvalue weighted by Crippen LogP contribution is 2.22. The first-order valence-corrected chi connectivity index (χ1v) is 8.93. The third-order valence-electron chi connectivity index (χ3n) is 3.98. The van der Waals surface area contributed by atoms with Gasteiger partial charge < -0.3 is 14.5 Å². The third-order valence-corrected chi connectivity index (χ3v) is 5.77. The zero-order valence-corrected chi connectivity index (χ0v) is 13.1. The standard InChI is InChI=1S/C15H17NO5S/c1-20-12-2-3-13-10(6-15(17)21-14(13)7-12)8-16-11-4-5-22(18,19)9-11/h2-3,6-7,11,16H,4-5,8-9H2,1H3/p+1/t11-/m0/s1. The molecule has 0 amide bonds. The van der Waals surface area contributed by atoms with Gasteiger partial charge >= 0.3 is 5.63 Å². The first-order chi connectivity index (χ1) is 10.5. The molecule has 0 radical (unpaired) electrons. The number of nitrogens with two attached hydrogens (primary N) is 1. The van der Waals surface area contributed by atoms with E-state index in [4.69, 9.17) is 9.15 Å². The number of quaternary nitrogens is 1. The van der Waals surface area contributed by atoms with Crippen molar-refractivity contribution in [3.63, 3.8) is 0 Å². The maximum Gasteiger partial charge on any atom is 0.336 e. The van der Waals surface area contributed by atoms with Crippen LogP contribution in [0.2, 0.25) is 0 Å². The van der Waals surface area contributed by atoms with Gasteiger partial charge in [0.25, 0.3) is 0 Å². The van der Waals surface area contributed by atoms with E-state index >= 15 is 0 Å². The van der Waals surface area contributed by atoms with Gasteiger partial charge in [0.1, 0.15) is 29.7 Å². The summed E-state index contributed by atoms with van der Waals surface area (Å²) >= 11 is 0. The van der Waals surface area contributed by atoms with Gasteiger partial charge in [0.05, 0.1) is 12.9 Å². The lowest BCUT2D eigenvalue weighted by molar-refractivity contribution is -0.699. The van der Waals surface area contributed by atoms with Gasteiger partial charge in [-0.15, -0.1) is 0 Å². The number of hydrogen-bond donors (Lipinski definition) is 1. The first-order valence-electron chi connectivity index (χ1n) is 7.11. The van der Waals surface area contributed by atoms with E-state index in [1.807, 2.05) is 17.4 Å². The van der Waals surface area contributed by atoms with E-state index in [-0.39, 0.29) is 17.5 Å². The molecule has 118 valence electrons. The minimum atomic E-state index is -2.89. The Kier molecular flexibility index (Phi) is 3.92. The summed E-state index contributed by atoms with van der Waals surface area (Å²) in [6, 6.07) is 6.87. The molecule has 6 nitrogen and oxygen atoms in total. The number of fused-ring (bicyclic) bond motifs is 1. The molecular weight excluding hydrogens is 306 g/mol. The molecule has 7 heteroatoms. The Morgan fingerprint density at radius 2 is 2.18 bits per heavy atom. The normalized spacial score (nSPS) is 20.3. The van der Waals surface area contributed by atoms with Crippen LogP contribution in [0.15, 0.2) is 33.5 Å². The fourth-order valence-corrected chi connectivity index (χ4v) is 4.59. The fraction of sp³-hybridized carbons (Fsp3) is 0.400. The van der Waals surface area contributed by atoms with Crippen LogP contribution in [0.5, 0.6) is 5.75 Å². The molecule has 0 spiro atoms. The van der Waals surface area contributed by atoms with Gasteiger partial charge in [0, 0.05) is 29.5 Å². The van der Waals surface area contributed by atoms with Crippen LogP contribution in [0.1, 0.15) is 12.0 Å². The van der Waals surface area contributed by atoms with Crippen LogP contribution >= 0.6 is 0 Å². The molecule has 1 aromatic heterocycles. The molecule has 1 aliphatic heterocycles. The Morgan fingerprint density at radius 1 is 1.36 bits per heavy atom.